The van der Waals surface area contributed by atoms with Crippen LogP contribution in [0.2, 0.25) is 0 Å². The quantitative estimate of drug-likeness (QED) is 0.458. The number of pyridine rings is 1. The number of fused-ring (bicyclic) bond motifs is 1. The average molecular weight is 502 g/mol. The molecule has 2 N–H and O–H groups in total. The highest BCUT2D eigenvalue weighted by molar-refractivity contribution is 5.92. The molecule has 1 spiro atoms. The number of alkyl halides is 3. The standard InChI is InChI=1S/C26H26F3N3O4/c1-14-21(33)18-13-16(26(27,28)29)12-17(15(2)31-19-4-3-9-30-20(19)24(34)35)22(18)36-23(14)32-10-7-25(5-6-25)8-11-32/h3-4,9,12-13,15,31H,5-8,10-11H2,1-2H3,(H,34,35). The third kappa shape index (κ3) is 4.29. The van der Waals surface area contributed by atoms with Crippen molar-refractivity contribution in [2.24, 2.45) is 5.41 Å². The van der Waals surface area contributed by atoms with Crippen molar-refractivity contribution in [1.29, 1.82) is 0 Å². The van der Waals surface area contributed by atoms with Crippen molar-refractivity contribution >= 4 is 28.5 Å². The maximum atomic E-state index is 13.8. The molecular formula is C26H26F3N3O4. The summed E-state index contributed by atoms with van der Waals surface area (Å²) < 4.78 is 47.6. The summed E-state index contributed by atoms with van der Waals surface area (Å²) in [7, 11) is 0. The molecule has 2 fully saturated rings. The Labute approximate surface area is 204 Å². The number of nitrogens with one attached hydrogen (secondary N) is 1. The van der Waals surface area contributed by atoms with Gasteiger partial charge in [0.15, 0.2) is 11.1 Å². The molecule has 1 unspecified atom stereocenters. The van der Waals surface area contributed by atoms with E-state index in [1.165, 1.54) is 31.2 Å². The topological polar surface area (TPSA) is 95.7 Å². The molecule has 1 saturated heterocycles. The van der Waals surface area contributed by atoms with Crippen LogP contribution in [0.5, 0.6) is 0 Å². The highest BCUT2D eigenvalue weighted by Crippen LogP contribution is 2.54. The third-order valence-corrected chi connectivity index (χ3v) is 7.47. The number of benzene rings is 1. The van der Waals surface area contributed by atoms with Gasteiger partial charge < -0.3 is 19.7 Å². The van der Waals surface area contributed by atoms with E-state index < -0.39 is 29.2 Å². The molecule has 1 saturated carbocycles. The van der Waals surface area contributed by atoms with E-state index in [4.69, 9.17) is 4.42 Å². The molecule has 5 rings (SSSR count). The molecule has 10 heteroatoms. The maximum absolute atomic E-state index is 13.8. The van der Waals surface area contributed by atoms with E-state index in [-0.39, 0.29) is 33.5 Å². The monoisotopic (exact) mass is 501 g/mol. The molecular weight excluding hydrogens is 475 g/mol. The van der Waals surface area contributed by atoms with Gasteiger partial charge in [-0.3, -0.25) is 4.79 Å². The minimum Gasteiger partial charge on any atom is -0.476 e. The zero-order valence-corrected chi connectivity index (χ0v) is 19.9. The van der Waals surface area contributed by atoms with Gasteiger partial charge in [-0.15, -0.1) is 0 Å². The van der Waals surface area contributed by atoms with Crippen molar-refractivity contribution in [3.8, 4) is 0 Å². The Bertz CT molecular complexity index is 1400. The van der Waals surface area contributed by atoms with Gasteiger partial charge in [-0.05, 0) is 69.2 Å². The number of piperidine rings is 1. The van der Waals surface area contributed by atoms with Gasteiger partial charge in [-0.1, -0.05) is 0 Å². The number of hydrogen-bond donors (Lipinski definition) is 2. The Kier molecular flexibility index (Phi) is 5.72. The van der Waals surface area contributed by atoms with Crippen molar-refractivity contribution in [2.75, 3.05) is 23.3 Å². The summed E-state index contributed by atoms with van der Waals surface area (Å²) in [6.45, 7) is 4.61. The Morgan fingerprint density at radius 1 is 1.22 bits per heavy atom. The molecule has 3 aromatic rings. The largest absolute Gasteiger partial charge is 0.476 e. The van der Waals surface area contributed by atoms with E-state index in [1.807, 2.05) is 4.90 Å². The number of halogens is 3. The number of rotatable bonds is 5. The molecule has 0 bridgehead atoms. The molecule has 2 aromatic heterocycles. The van der Waals surface area contributed by atoms with E-state index in [1.54, 1.807) is 13.8 Å². The number of aromatic nitrogens is 1. The Hall–Kier alpha value is -3.56. The van der Waals surface area contributed by atoms with E-state index in [0.29, 0.717) is 11.3 Å². The first-order chi connectivity index (χ1) is 17.0. The molecule has 1 atom stereocenters. The highest BCUT2D eigenvalue weighted by Gasteiger charge is 2.45. The summed E-state index contributed by atoms with van der Waals surface area (Å²) in [5.74, 6) is -0.897. The normalized spacial score (nSPS) is 17.9. The fourth-order valence-electron chi connectivity index (χ4n) is 5.06. The van der Waals surface area contributed by atoms with E-state index in [2.05, 4.69) is 10.3 Å². The summed E-state index contributed by atoms with van der Waals surface area (Å²) in [5.41, 5.74) is -0.764. The average Bonchev–Trinajstić information content (AvgIpc) is 3.59. The van der Waals surface area contributed by atoms with Crippen molar-refractivity contribution in [3.63, 3.8) is 0 Å². The summed E-state index contributed by atoms with van der Waals surface area (Å²) in [5, 5.41) is 12.2. The molecule has 1 aliphatic heterocycles. The van der Waals surface area contributed by atoms with Crippen LogP contribution in [0.15, 0.2) is 39.7 Å². The number of nitrogens with zero attached hydrogens (tertiary/aromatic N) is 2. The van der Waals surface area contributed by atoms with Gasteiger partial charge in [-0.2, -0.15) is 13.2 Å². The minimum atomic E-state index is -4.69. The minimum absolute atomic E-state index is 0.0565. The fourth-order valence-corrected chi connectivity index (χ4v) is 5.06. The van der Waals surface area contributed by atoms with Gasteiger partial charge in [0.2, 0.25) is 5.88 Å². The Morgan fingerprint density at radius 3 is 2.53 bits per heavy atom. The molecule has 190 valence electrons. The van der Waals surface area contributed by atoms with Crippen LogP contribution in [0.4, 0.5) is 24.7 Å². The summed E-state index contributed by atoms with van der Waals surface area (Å²) in [6.07, 6.45) is 1.03. The van der Waals surface area contributed by atoms with Crippen molar-refractivity contribution < 1.29 is 27.5 Å². The van der Waals surface area contributed by atoms with Gasteiger partial charge in [0.25, 0.3) is 0 Å². The predicted octanol–water partition coefficient (Wildman–Crippen LogP) is 5.77. The number of hydrogen-bond acceptors (Lipinski definition) is 6. The predicted molar refractivity (Wildman–Crippen MR) is 129 cm³/mol. The fraction of sp³-hybridized carbons (Fsp3) is 0.423. The number of anilines is 2. The first kappa shape index (κ1) is 24.1. The van der Waals surface area contributed by atoms with Crippen LogP contribution in [0, 0.1) is 12.3 Å². The number of carboxylic acids is 1. The molecule has 36 heavy (non-hydrogen) atoms. The van der Waals surface area contributed by atoms with Gasteiger partial charge in [0.05, 0.1) is 28.2 Å². The SMILES string of the molecule is Cc1c(N2CCC3(CC2)CC3)oc2c(C(C)Nc3cccnc3C(=O)O)cc(C(F)(F)F)cc2c1=O. The molecule has 3 heterocycles. The van der Waals surface area contributed by atoms with Gasteiger partial charge >= 0.3 is 12.1 Å². The smallest absolute Gasteiger partial charge is 0.416 e. The van der Waals surface area contributed by atoms with Crippen LogP contribution in [-0.4, -0.2) is 29.1 Å². The van der Waals surface area contributed by atoms with Gasteiger partial charge in [-0.25, -0.2) is 9.78 Å². The number of aromatic carboxylic acids is 1. The second kappa shape index (κ2) is 8.53. The second-order valence-corrected chi connectivity index (χ2v) is 9.86. The molecule has 1 aliphatic carbocycles. The summed E-state index contributed by atoms with van der Waals surface area (Å²) >= 11 is 0. The van der Waals surface area contributed by atoms with Crippen LogP contribution in [0.25, 0.3) is 11.0 Å². The highest BCUT2D eigenvalue weighted by atomic mass is 19.4. The van der Waals surface area contributed by atoms with Crippen LogP contribution in [0.1, 0.15) is 65.8 Å². The maximum Gasteiger partial charge on any atom is 0.416 e. The molecule has 2 aliphatic rings. The number of carboxylic acid groups (broad SMARTS) is 1. The Balaban J connectivity index is 1.63. The molecule has 0 radical (unpaired) electrons. The van der Waals surface area contributed by atoms with Crippen molar-refractivity contribution in [3.05, 3.63) is 63.1 Å². The lowest BCUT2D eigenvalue weighted by Crippen LogP contribution is -2.35. The van der Waals surface area contributed by atoms with E-state index in [9.17, 15) is 27.9 Å². The lowest BCUT2D eigenvalue weighted by Gasteiger charge is -2.33. The van der Waals surface area contributed by atoms with Crippen molar-refractivity contribution in [2.45, 2.75) is 51.7 Å². The van der Waals surface area contributed by atoms with E-state index in [0.717, 1.165) is 38.1 Å². The Morgan fingerprint density at radius 2 is 1.92 bits per heavy atom. The van der Waals surface area contributed by atoms with Crippen LogP contribution in [-0.2, 0) is 6.18 Å². The van der Waals surface area contributed by atoms with Crippen LogP contribution < -0.4 is 15.6 Å². The first-order valence-corrected chi connectivity index (χ1v) is 11.9. The van der Waals surface area contributed by atoms with Crippen molar-refractivity contribution in [1.82, 2.24) is 4.98 Å². The zero-order valence-electron chi connectivity index (χ0n) is 19.9. The van der Waals surface area contributed by atoms with Gasteiger partial charge in [0, 0.05) is 24.8 Å². The zero-order chi connectivity index (χ0) is 25.8. The first-order valence-electron chi connectivity index (χ1n) is 11.9. The lowest BCUT2D eigenvalue weighted by molar-refractivity contribution is -0.137. The second-order valence-electron chi connectivity index (χ2n) is 9.86. The molecule has 7 nitrogen and oxygen atoms in total. The van der Waals surface area contributed by atoms with Gasteiger partial charge in [0.1, 0.15) is 5.58 Å². The van der Waals surface area contributed by atoms with Crippen LogP contribution >= 0.6 is 0 Å². The molecule has 0 amide bonds. The third-order valence-electron chi connectivity index (χ3n) is 7.47. The molecule has 1 aromatic carbocycles. The van der Waals surface area contributed by atoms with Crippen LogP contribution in [0.3, 0.4) is 0 Å². The summed E-state index contributed by atoms with van der Waals surface area (Å²) in [4.78, 5) is 30.7. The summed E-state index contributed by atoms with van der Waals surface area (Å²) in [6, 6.07) is 3.96. The number of carbonyl (C=O) groups is 1. The lowest BCUT2D eigenvalue weighted by atomic mass is 9.93. The van der Waals surface area contributed by atoms with E-state index >= 15 is 0 Å².